The van der Waals surface area contributed by atoms with Crippen LogP contribution < -0.4 is 0 Å². The van der Waals surface area contributed by atoms with Crippen LogP contribution in [0.3, 0.4) is 0 Å². The highest BCUT2D eigenvalue weighted by Crippen LogP contribution is 2.42. The van der Waals surface area contributed by atoms with Gasteiger partial charge in [-0.05, 0) is 41.7 Å². The Morgan fingerprint density at radius 1 is 0.875 bits per heavy atom. The number of aliphatic imine (C=N–C) groups is 2. The Bertz CT molecular complexity index is 844. The molecule has 0 saturated carbocycles. The molecule has 0 spiro atoms. The molecule has 0 unspecified atom stereocenters. The molecule has 0 amide bonds. The van der Waals surface area contributed by atoms with Crippen molar-refractivity contribution in [1.82, 2.24) is 0 Å². The lowest BCUT2D eigenvalue weighted by Crippen LogP contribution is -2.47. The Morgan fingerprint density at radius 3 is 1.75 bits per heavy atom. The van der Waals surface area contributed by atoms with Gasteiger partial charge in [-0.3, -0.25) is 0 Å². The Hall–Kier alpha value is -1.87. The highest BCUT2D eigenvalue weighted by atomic mass is 28.4. The van der Waals surface area contributed by atoms with Crippen molar-refractivity contribution in [2.75, 3.05) is 14.2 Å². The van der Waals surface area contributed by atoms with E-state index >= 15 is 0 Å². The first-order valence-electron chi connectivity index (χ1n) is 10.7. The minimum atomic E-state index is -4.41. The third-order valence-corrected chi connectivity index (χ3v) is 10.6. The molecule has 0 aromatic heterocycles. The molecule has 0 saturated heterocycles. The summed E-state index contributed by atoms with van der Waals surface area (Å²) in [6, 6.07) is 4.07. The molecule has 1 aromatic carbocycles. The summed E-state index contributed by atoms with van der Waals surface area (Å²) in [6.07, 6.45) is -5.08. The molecular formula is C23H35F3N2O3Si. The van der Waals surface area contributed by atoms with Gasteiger partial charge in [-0.25, -0.2) is 9.98 Å². The van der Waals surface area contributed by atoms with E-state index in [0.29, 0.717) is 17.4 Å². The van der Waals surface area contributed by atoms with Crippen LogP contribution in [0.5, 0.6) is 0 Å². The lowest BCUT2D eigenvalue weighted by Gasteiger charge is -2.41. The number of hydrogen-bond acceptors (Lipinski definition) is 5. The summed E-state index contributed by atoms with van der Waals surface area (Å²) < 4.78 is 57.2. The van der Waals surface area contributed by atoms with Crippen LogP contribution in [0.4, 0.5) is 13.2 Å². The van der Waals surface area contributed by atoms with E-state index in [1.165, 1.54) is 19.2 Å². The average molecular weight is 473 g/mol. The molecule has 1 aliphatic heterocycles. The summed E-state index contributed by atoms with van der Waals surface area (Å²) in [7, 11) is 0.721. The molecule has 0 N–H and O–H groups in total. The zero-order valence-corrected chi connectivity index (χ0v) is 21.4. The highest BCUT2D eigenvalue weighted by Gasteiger charge is 2.44. The van der Waals surface area contributed by atoms with Gasteiger partial charge in [0.25, 0.3) is 0 Å². The number of alkyl halides is 3. The molecule has 0 fully saturated rings. The van der Waals surface area contributed by atoms with Crippen LogP contribution in [-0.2, 0) is 20.1 Å². The van der Waals surface area contributed by atoms with Gasteiger partial charge in [-0.2, -0.15) is 13.2 Å². The van der Waals surface area contributed by atoms with Crippen LogP contribution in [0.1, 0.15) is 51.8 Å². The van der Waals surface area contributed by atoms with E-state index in [2.05, 4.69) is 33.9 Å². The predicted molar refractivity (Wildman–Crippen MR) is 124 cm³/mol. The maximum absolute atomic E-state index is 13.1. The van der Waals surface area contributed by atoms with E-state index in [4.69, 9.17) is 23.9 Å². The van der Waals surface area contributed by atoms with Gasteiger partial charge in [0.05, 0.1) is 19.8 Å². The van der Waals surface area contributed by atoms with E-state index in [1.807, 2.05) is 13.8 Å². The molecule has 32 heavy (non-hydrogen) atoms. The highest BCUT2D eigenvalue weighted by molar-refractivity contribution is 6.74. The predicted octanol–water partition coefficient (Wildman–Crippen LogP) is 6.26. The van der Waals surface area contributed by atoms with Gasteiger partial charge >= 0.3 is 6.18 Å². The largest absolute Gasteiger partial charge is 0.483 e. The molecule has 0 radical (unpaired) electrons. The molecule has 180 valence electrons. The molecule has 3 atom stereocenters. The van der Waals surface area contributed by atoms with Crippen LogP contribution in [0.15, 0.2) is 34.3 Å². The van der Waals surface area contributed by atoms with E-state index in [-0.39, 0.29) is 17.0 Å². The van der Waals surface area contributed by atoms with Crippen molar-refractivity contribution >= 4 is 20.1 Å². The second kappa shape index (κ2) is 9.55. The summed E-state index contributed by atoms with van der Waals surface area (Å²) in [4.78, 5) is 9.51. The van der Waals surface area contributed by atoms with Crippen molar-refractivity contribution in [3.05, 3.63) is 35.4 Å². The van der Waals surface area contributed by atoms with Gasteiger partial charge in [0.1, 0.15) is 12.1 Å². The van der Waals surface area contributed by atoms with Gasteiger partial charge in [0, 0.05) is 0 Å². The van der Waals surface area contributed by atoms with E-state index in [1.54, 1.807) is 7.11 Å². The second-order valence-electron chi connectivity index (χ2n) is 9.90. The van der Waals surface area contributed by atoms with Crippen LogP contribution in [0.25, 0.3) is 0 Å². The molecule has 1 aromatic rings. The van der Waals surface area contributed by atoms with Crippen LogP contribution in [0, 0.1) is 5.92 Å². The number of hydrogen-bond donors (Lipinski definition) is 0. The molecule has 0 aliphatic carbocycles. The third kappa shape index (κ3) is 5.73. The molecule has 2 rings (SSSR count). The first-order chi connectivity index (χ1) is 14.6. The molecule has 5 nitrogen and oxygen atoms in total. The van der Waals surface area contributed by atoms with Crippen LogP contribution in [0.2, 0.25) is 18.1 Å². The van der Waals surface area contributed by atoms with Gasteiger partial charge in [0.15, 0.2) is 14.4 Å². The number of rotatable bonds is 5. The SMILES string of the molecule is COC1=N[C@@H]([C@H](O[Si](C)(C)C(C)(C)C)c2ccc(C(F)(F)F)cc2)C(OC)=N[C@H]1C(C)C. The second-order valence-corrected chi connectivity index (χ2v) is 14.7. The standard InChI is InChI=1S/C23H35F3N2O3Si/c1-14(2)17-20(29-6)28-18(21(27-17)30-7)19(31-32(8,9)22(3,4)5)15-10-12-16(13-11-15)23(24,25)26/h10-14,17-19H,1-9H3/t17-,18-,19+/m0/s1. The minimum Gasteiger partial charge on any atom is -0.483 e. The van der Waals surface area contributed by atoms with Crippen molar-refractivity contribution < 1.29 is 27.1 Å². The zero-order valence-electron chi connectivity index (χ0n) is 20.4. The van der Waals surface area contributed by atoms with Gasteiger partial charge in [-0.1, -0.05) is 46.8 Å². The summed E-state index contributed by atoms with van der Waals surface area (Å²) in [6.45, 7) is 14.5. The van der Waals surface area contributed by atoms with Crippen molar-refractivity contribution in [3.8, 4) is 0 Å². The summed E-state index contributed by atoms with van der Waals surface area (Å²) in [5.41, 5.74) is -0.127. The van der Waals surface area contributed by atoms with E-state index in [0.717, 1.165) is 12.1 Å². The van der Waals surface area contributed by atoms with E-state index < -0.39 is 32.2 Å². The maximum atomic E-state index is 13.1. The van der Waals surface area contributed by atoms with Gasteiger partial charge < -0.3 is 13.9 Å². The first kappa shape index (κ1) is 26.4. The van der Waals surface area contributed by atoms with Crippen LogP contribution in [-0.4, -0.2) is 46.4 Å². The minimum absolute atomic E-state index is 0.121. The Morgan fingerprint density at radius 2 is 1.34 bits per heavy atom. The number of methoxy groups -OCH3 is 2. The average Bonchev–Trinajstić information content (AvgIpc) is 2.69. The Balaban J connectivity index is 2.60. The van der Waals surface area contributed by atoms with Crippen LogP contribution >= 0.6 is 0 Å². The smallest absolute Gasteiger partial charge is 0.416 e. The summed E-state index contributed by atoms with van der Waals surface area (Å²) >= 11 is 0. The van der Waals surface area contributed by atoms with E-state index in [9.17, 15) is 13.2 Å². The Labute approximate surface area is 190 Å². The Kier molecular flexibility index (Phi) is 7.87. The summed E-state index contributed by atoms with van der Waals surface area (Å²) in [5, 5.41) is -0.121. The van der Waals surface area contributed by atoms with Crippen molar-refractivity contribution in [2.45, 2.75) is 77.1 Å². The number of ether oxygens (including phenoxy) is 2. The zero-order chi connectivity index (χ0) is 24.5. The topological polar surface area (TPSA) is 52.4 Å². The maximum Gasteiger partial charge on any atom is 0.416 e. The molecule has 1 aliphatic rings. The lowest BCUT2D eigenvalue weighted by atomic mass is 9.97. The lowest BCUT2D eigenvalue weighted by molar-refractivity contribution is -0.137. The van der Waals surface area contributed by atoms with Crippen molar-refractivity contribution in [3.63, 3.8) is 0 Å². The monoisotopic (exact) mass is 472 g/mol. The number of halogens is 3. The van der Waals surface area contributed by atoms with Gasteiger partial charge in [0.2, 0.25) is 11.8 Å². The van der Waals surface area contributed by atoms with Crippen molar-refractivity contribution in [2.24, 2.45) is 15.9 Å². The molecule has 9 heteroatoms. The fourth-order valence-electron chi connectivity index (χ4n) is 3.19. The molecular weight excluding hydrogens is 437 g/mol. The first-order valence-corrected chi connectivity index (χ1v) is 13.6. The number of benzene rings is 1. The molecule has 1 heterocycles. The number of nitrogens with zero attached hydrogens (tertiary/aromatic N) is 2. The fraction of sp³-hybridized carbons (Fsp3) is 0.652. The normalized spacial score (nSPS) is 21.2. The third-order valence-electron chi connectivity index (χ3n) is 6.17. The summed E-state index contributed by atoms with van der Waals surface area (Å²) in [5.74, 6) is 0.972. The van der Waals surface area contributed by atoms with Crippen molar-refractivity contribution in [1.29, 1.82) is 0 Å². The fourth-order valence-corrected chi connectivity index (χ4v) is 4.44. The molecule has 0 bridgehead atoms. The quantitative estimate of drug-likeness (QED) is 0.475. The van der Waals surface area contributed by atoms with Gasteiger partial charge in [-0.15, -0.1) is 0 Å².